The van der Waals surface area contributed by atoms with E-state index in [-0.39, 0.29) is 40.2 Å². The van der Waals surface area contributed by atoms with Crippen LogP contribution < -0.4 is 0 Å². The fourth-order valence-electron chi connectivity index (χ4n) is 3.44. The van der Waals surface area contributed by atoms with E-state index in [1.807, 2.05) is 6.92 Å². The first-order valence-electron chi connectivity index (χ1n) is 17.4. The van der Waals surface area contributed by atoms with Gasteiger partial charge in [-0.05, 0) is 40.0 Å². The predicted molar refractivity (Wildman–Crippen MR) is 186 cm³/mol. The molecule has 0 N–H and O–H groups in total. The SMILES string of the molecule is C=C(C)C(=O)OCCCOCCCOCOC(CC)(OCOCCCOCCCOC(=O)C(=C)C)OCOCCCOCCCOC(=O)C(=C)C. The van der Waals surface area contributed by atoms with Crippen molar-refractivity contribution in [1.29, 1.82) is 0 Å². The minimum absolute atomic E-state index is 0.101. The highest BCUT2D eigenvalue weighted by Crippen LogP contribution is 2.20. The van der Waals surface area contributed by atoms with E-state index in [4.69, 9.17) is 56.8 Å². The largest absolute Gasteiger partial charge is 0.462 e. The molecule has 0 amide bonds. The third kappa shape index (κ3) is 29.5. The third-order valence-corrected chi connectivity index (χ3v) is 6.30. The van der Waals surface area contributed by atoms with Crippen molar-refractivity contribution >= 4 is 17.9 Å². The van der Waals surface area contributed by atoms with Crippen molar-refractivity contribution in [2.24, 2.45) is 0 Å². The summed E-state index contributed by atoms with van der Waals surface area (Å²) in [5, 5.41) is 0. The lowest BCUT2D eigenvalue weighted by Gasteiger charge is -2.31. The summed E-state index contributed by atoms with van der Waals surface area (Å²) in [6.07, 6.45) is 3.97. The molecule has 0 spiro atoms. The zero-order valence-corrected chi connectivity index (χ0v) is 31.3. The van der Waals surface area contributed by atoms with Crippen molar-refractivity contribution in [3.63, 3.8) is 0 Å². The first kappa shape index (κ1) is 48.3. The van der Waals surface area contributed by atoms with Gasteiger partial charge in [-0.2, -0.15) is 0 Å². The topological polar surface area (TPSA) is 162 Å². The Hall–Kier alpha value is -2.73. The van der Waals surface area contributed by atoms with E-state index in [1.165, 1.54) is 0 Å². The van der Waals surface area contributed by atoms with E-state index in [0.29, 0.717) is 121 Å². The molecular weight excluding hydrogens is 672 g/mol. The van der Waals surface area contributed by atoms with Gasteiger partial charge in [-0.1, -0.05) is 26.7 Å². The minimum atomic E-state index is -1.47. The molecule has 51 heavy (non-hydrogen) atoms. The maximum absolute atomic E-state index is 11.4. The van der Waals surface area contributed by atoms with E-state index < -0.39 is 23.9 Å². The number of ether oxygens (including phenoxy) is 12. The van der Waals surface area contributed by atoms with Crippen LogP contribution in [0, 0.1) is 0 Å². The molecule has 0 aromatic heterocycles. The van der Waals surface area contributed by atoms with Crippen molar-refractivity contribution in [2.75, 3.05) is 99.7 Å². The van der Waals surface area contributed by atoms with Gasteiger partial charge in [-0.3, -0.25) is 0 Å². The lowest BCUT2D eigenvalue weighted by molar-refractivity contribution is -0.427. The van der Waals surface area contributed by atoms with Gasteiger partial charge in [0.25, 0.3) is 5.97 Å². The summed E-state index contributed by atoms with van der Waals surface area (Å²) in [4.78, 5) is 34.1. The molecule has 296 valence electrons. The monoisotopic (exact) mass is 734 g/mol. The molecule has 15 nitrogen and oxygen atoms in total. The minimum Gasteiger partial charge on any atom is -0.462 e. The maximum atomic E-state index is 11.4. The third-order valence-electron chi connectivity index (χ3n) is 6.30. The van der Waals surface area contributed by atoms with Gasteiger partial charge in [-0.15, -0.1) is 0 Å². The summed E-state index contributed by atoms with van der Waals surface area (Å²) in [7, 11) is 0. The van der Waals surface area contributed by atoms with Crippen LogP contribution in [0.4, 0.5) is 0 Å². The highest BCUT2D eigenvalue weighted by molar-refractivity contribution is 5.87. The Morgan fingerprint density at radius 2 is 0.647 bits per heavy atom. The molecule has 0 aromatic carbocycles. The summed E-state index contributed by atoms with van der Waals surface area (Å²) in [5.41, 5.74) is 1.09. The first-order chi connectivity index (χ1) is 24.5. The van der Waals surface area contributed by atoms with Crippen molar-refractivity contribution in [3.8, 4) is 0 Å². The summed E-state index contributed by atoms with van der Waals surface area (Å²) in [5.74, 6) is -2.69. The fourth-order valence-corrected chi connectivity index (χ4v) is 3.44. The molecule has 0 unspecified atom stereocenters. The summed E-state index contributed by atoms with van der Waals surface area (Å²) < 4.78 is 66.1. The molecule has 0 aliphatic carbocycles. The smallest absolute Gasteiger partial charge is 0.333 e. The molecule has 0 rings (SSSR count). The van der Waals surface area contributed by atoms with Crippen molar-refractivity contribution in [2.45, 2.75) is 78.6 Å². The van der Waals surface area contributed by atoms with Gasteiger partial charge in [0.05, 0.1) is 39.6 Å². The van der Waals surface area contributed by atoms with Gasteiger partial charge in [0, 0.05) is 82.0 Å². The van der Waals surface area contributed by atoms with Crippen molar-refractivity contribution in [1.82, 2.24) is 0 Å². The normalized spacial score (nSPS) is 11.3. The average molecular weight is 735 g/mol. The Bertz CT molecular complexity index is 851. The Balaban J connectivity index is 4.36. The summed E-state index contributed by atoms with van der Waals surface area (Å²) in [6, 6.07) is 0. The van der Waals surface area contributed by atoms with Gasteiger partial charge in [0.15, 0.2) is 20.4 Å². The molecule has 0 aliphatic heterocycles. The highest BCUT2D eigenvalue weighted by Gasteiger charge is 2.32. The molecule has 0 radical (unpaired) electrons. The van der Waals surface area contributed by atoms with Crippen LogP contribution in [-0.4, -0.2) is 124 Å². The Labute approximate surface area is 303 Å². The van der Waals surface area contributed by atoms with Crippen LogP contribution in [0.25, 0.3) is 0 Å². The lowest BCUT2D eigenvalue weighted by atomic mass is 10.4. The predicted octanol–water partition coefficient (Wildman–Crippen LogP) is 4.77. The summed E-state index contributed by atoms with van der Waals surface area (Å²) in [6.45, 7) is 21.7. The van der Waals surface area contributed by atoms with E-state index in [2.05, 4.69) is 19.7 Å². The number of carbonyl (C=O) groups excluding carboxylic acids is 3. The fraction of sp³-hybridized carbons (Fsp3) is 0.750. The van der Waals surface area contributed by atoms with Gasteiger partial charge in [0.2, 0.25) is 0 Å². The lowest BCUT2D eigenvalue weighted by Crippen LogP contribution is -2.41. The molecule has 0 fully saturated rings. The molecule has 0 atom stereocenters. The number of hydrogen-bond donors (Lipinski definition) is 0. The van der Waals surface area contributed by atoms with E-state index >= 15 is 0 Å². The standard InChI is InChI=1S/C36H62O15/c1-8-36(49-27-43-21-9-15-40-18-12-24-46-33(37)30(2)3,50-28-44-22-10-16-41-19-13-25-47-34(38)31(4)5)51-29-45-23-11-17-42-20-14-26-48-35(39)32(6)7/h2,4,6,8-29H2,1,3,5,7H3. The molecule has 0 bridgehead atoms. The second kappa shape index (κ2) is 33.1. The van der Waals surface area contributed by atoms with Gasteiger partial charge in [0.1, 0.15) is 0 Å². The maximum Gasteiger partial charge on any atom is 0.333 e. The molecule has 15 heteroatoms. The second-order valence-electron chi connectivity index (χ2n) is 11.3. The number of hydrogen-bond acceptors (Lipinski definition) is 15. The molecule has 0 aliphatic rings. The van der Waals surface area contributed by atoms with Crippen molar-refractivity contribution < 1.29 is 71.2 Å². The van der Waals surface area contributed by atoms with Crippen LogP contribution in [0.15, 0.2) is 36.5 Å². The number of carbonyl (C=O) groups is 3. The van der Waals surface area contributed by atoms with Gasteiger partial charge in [-0.25, -0.2) is 14.4 Å². The van der Waals surface area contributed by atoms with Crippen LogP contribution in [0.3, 0.4) is 0 Å². The van der Waals surface area contributed by atoms with Crippen LogP contribution in [0.2, 0.25) is 0 Å². The van der Waals surface area contributed by atoms with E-state index in [1.54, 1.807) is 20.8 Å². The molecule has 0 saturated carbocycles. The summed E-state index contributed by atoms with van der Waals surface area (Å²) >= 11 is 0. The Morgan fingerprint density at radius 1 is 0.412 bits per heavy atom. The Kier molecular flexibility index (Phi) is 31.4. The Morgan fingerprint density at radius 3 is 0.882 bits per heavy atom. The van der Waals surface area contributed by atoms with Crippen molar-refractivity contribution in [3.05, 3.63) is 36.5 Å². The van der Waals surface area contributed by atoms with Crippen LogP contribution in [-0.2, 0) is 71.2 Å². The number of rotatable bonds is 37. The second-order valence-corrected chi connectivity index (χ2v) is 11.3. The van der Waals surface area contributed by atoms with Crippen LogP contribution in [0.1, 0.15) is 72.6 Å². The van der Waals surface area contributed by atoms with Gasteiger partial charge < -0.3 is 56.8 Å². The van der Waals surface area contributed by atoms with Crippen LogP contribution in [0.5, 0.6) is 0 Å². The number of esters is 3. The average Bonchev–Trinajstić information content (AvgIpc) is 3.10. The first-order valence-corrected chi connectivity index (χ1v) is 17.4. The zero-order valence-electron chi connectivity index (χ0n) is 31.3. The molecular formula is C36H62O15. The zero-order chi connectivity index (χ0) is 38.0. The van der Waals surface area contributed by atoms with Crippen LogP contribution >= 0.6 is 0 Å². The van der Waals surface area contributed by atoms with E-state index in [9.17, 15) is 14.4 Å². The highest BCUT2D eigenvalue weighted by atomic mass is 16.9. The van der Waals surface area contributed by atoms with Gasteiger partial charge >= 0.3 is 17.9 Å². The molecule has 0 saturated heterocycles. The molecule has 0 aromatic rings. The molecule has 0 heterocycles. The quantitative estimate of drug-likeness (QED) is 0.0282. The van der Waals surface area contributed by atoms with E-state index in [0.717, 1.165) is 0 Å².